The minimum atomic E-state index is -0.164. The predicted octanol–water partition coefficient (Wildman–Crippen LogP) is 3.03. The van der Waals surface area contributed by atoms with E-state index in [0.717, 1.165) is 25.0 Å². The van der Waals surface area contributed by atoms with E-state index in [1.165, 1.54) is 0 Å². The second-order valence-electron chi connectivity index (χ2n) is 5.49. The van der Waals surface area contributed by atoms with Gasteiger partial charge in [0.25, 0.3) is 0 Å². The van der Waals surface area contributed by atoms with Crippen molar-refractivity contribution in [3.63, 3.8) is 0 Å². The highest BCUT2D eigenvalue weighted by Gasteiger charge is 2.30. The van der Waals surface area contributed by atoms with Crippen molar-refractivity contribution in [2.75, 3.05) is 0 Å². The molecule has 2 heterocycles. The molecular formula is C15H25NO3. The molecule has 108 valence electrons. The van der Waals surface area contributed by atoms with Crippen LogP contribution in [0.25, 0.3) is 0 Å². The van der Waals surface area contributed by atoms with Crippen molar-refractivity contribution < 1.29 is 13.9 Å². The SMILES string of the molecule is CCC(N)C(OC1CC(C)OC(C)C1)c1ccco1. The summed E-state index contributed by atoms with van der Waals surface area (Å²) in [7, 11) is 0. The van der Waals surface area contributed by atoms with Crippen molar-refractivity contribution >= 4 is 0 Å². The van der Waals surface area contributed by atoms with E-state index in [-0.39, 0.29) is 30.5 Å². The lowest BCUT2D eigenvalue weighted by atomic mass is 10.0. The van der Waals surface area contributed by atoms with Gasteiger partial charge in [0.1, 0.15) is 11.9 Å². The second kappa shape index (κ2) is 6.55. The van der Waals surface area contributed by atoms with Crippen LogP contribution in [-0.2, 0) is 9.47 Å². The average Bonchev–Trinajstić information content (AvgIpc) is 2.87. The Morgan fingerprint density at radius 3 is 2.58 bits per heavy atom. The van der Waals surface area contributed by atoms with Crippen LogP contribution in [0.15, 0.2) is 22.8 Å². The molecule has 4 nitrogen and oxygen atoms in total. The van der Waals surface area contributed by atoms with Crippen LogP contribution in [0.3, 0.4) is 0 Å². The standard InChI is InChI=1S/C15H25NO3/c1-4-13(16)15(14-6-5-7-17-14)19-12-8-10(2)18-11(3)9-12/h5-7,10-13,15H,4,8-9,16H2,1-3H3. The first-order valence-electron chi connectivity index (χ1n) is 7.20. The molecule has 0 amide bonds. The molecule has 1 aromatic rings. The van der Waals surface area contributed by atoms with Crippen LogP contribution in [0.5, 0.6) is 0 Å². The van der Waals surface area contributed by atoms with Crippen molar-refractivity contribution in [2.24, 2.45) is 5.73 Å². The number of furan rings is 1. The molecule has 1 fully saturated rings. The summed E-state index contributed by atoms with van der Waals surface area (Å²) < 4.78 is 17.4. The highest BCUT2D eigenvalue weighted by Crippen LogP contribution is 2.30. The first kappa shape index (κ1) is 14.6. The molecule has 0 aliphatic carbocycles. The summed E-state index contributed by atoms with van der Waals surface area (Å²) in [5, 5.41) is 0. The molecule has 0 radical (unpaired) electrons. The van der Waals surface area contributed by atoms with E-state index in [0.29, 0.717) is 0 Å². The zero-order chi connectivity index (χ0) is 13.8. The summed E-state index contributed by atoms with van der Waals surface area (Å²) in [6.45, 7) is 6.25. The Kier molecular flexibility index (Phi) is 5.02. The van der Waals surface area contributed by atoms with Crippen LogP contribution >= 0.6 is 0 Å². The molecule has 1 saturated heterocycles. The third-order valence-corrected chi connectivity index (χ3v) is 3.68. The van der Waals surface area contributed by atoms with Gasteiger partial charge in [0.2, 0.25) is 0 Å². The predicted molar refractivity (Wildman–Crippen MR) is 73.8 cm³/mol. The van der Waals surface area contributed by atoms with E-state index >= 15 is 0 Å². The fourth-order valence-corrected chi connectivity index (χ4v) is 2.71. The van der Waals surface area contributed by atoms with Gasteiger partial charge in [-0.25, -0.2) is 0 Å². The highest BCUT2D eigenvalue weighted by atomic mass is 16.5. The van der Waals surface area contributed by atoms with Crippen molar-refractivity contribution in [1.82, 2.24) is 0 Å². The maximum atomic E-state index is 6.23. The molecule has 0 bridgehead atoms. The monoisotopic (exact) mass is 267 g/mol. The molecule has 0 aromatic carbocycles. The lowest BCUT2D eigenvalue weighted by Gasteiger charge is -2.35. The van der Waals surface area contributed by atoms with Gasteiger partial charge in [-0.05, 0) is 45.2 Å². The fraction of sp³-hybridized carbons (Fsp3) is 0.733. The van der Waals surface area contributed by atoms with Crippen LogP contribution < -0.4 is 5.73 Å². The molecule has 1 aromatic heterocycles. The van der Waals surface area contributed by atoms with E-state index in [1.54, 1.807) is 6.26 Å². The van der Waals surface area contributed by atoms with Gasteiger partial charge in [-0.3, -0.25) is 0 Å². The maximum absolute atomic E-state index is 6.23. The van der Waals surface area contributed by atoms with E-state index in [1.807, 2.05) is 12.1 Å². The number of rotatable bonds is 5. The molecule has 0 saturated carbocycles. The van der Waals surface area contributed by atoms with Crippen LogP contribution in [0.2, 0.25) is 0 Å². The van der Waals surface area contributed by atoms with E-state index in [2.05, 4.69) is 20.8 Å². The second-order valence-corrected chi connectivity index (χ2v) is 5.49. The van der Waals surface area contributed by atoms with Gasteiger partial charge in [-0.15, -0.1) is 0 Å². The third kappa shape index (κ3) is 3.81. The Balaban J connectivity index is 2.03. The Morgan fingerprint density at radius 2 is 2.05 bits per heavy atom. The Hall–Kier alpha value is -0.840. The Morgan fingerprint density at radius 1 is 1.37 bits per heavy atom. The molecule has 2 rings (SSSR count). The van der Waals surface area contributed by atoms with Crippen molar-refractivity contribution in [2.45, 2.75) is 70.5 Å². The van der Waals surface area contributed by atoms with Gasteiger partial charge in [0, 0.05) is 6.04 Å². The molecule has 4 heteroatoms. The number of hydrogen-bond acceptors (Lipinski definition) is 4. The zero-order valence-electron chi connectivity index (χ0n) is 12.0. The molecule has 1 aliphatic rings. The van der Waals surface area contributed by atoms with Gasteiger partial charge in [-0.1, -0.05) is 6.92 Å². The van der Waals surface area contributed by atoms with Gasteiger partial charge in [0.05, 0.1) is 24.6 Å². The average molecular weight is 267 g/mol. The summed E-state index contributed by atoms with van der Waals surface area (Å²) in [6.07, 6.45) is 4.86. The first-order valence-corrected chi connectivity index (χ1v) is 7.20. The van der Waals surface area contributed by atoms with Crippen molar-refractivity contribution in [1.29, 1.82) is 0 Å². The minimum absolute atomic E-state index is 0.0420. The molecule has 2 N–H and O–H groups in total. The summed E-state index contributed by atoms with van der Waals surface area (Å²) in [4.78, 5) is 0. The van der Waals surface area contributed by atoms with E-state index < -0.39 is 0 Å². The zero-order valence-corrected chi connectivity index (χ0v) is 12.0. The lowest BCUT2D eigenvalue weighted by molar-refractivity contribution is -0.130. The summed E-state index contributed by atoms with van der Waals surface area (Å²) in [6, 6.07) is 3.77. The van der Waals surface area contributed by atoms with Crippen LogP contribution in [0, 0.1) is 0 Å². The fourth-order valence-electron chi connectivity index (χ4n) is 2.71. The minimum Gasteiger partial charge on any atom is -0.467 e. The van der Waals surface area contributed by atoms with Gasteiger partial charge in [0.15, 0.2) is 0 Å². The number of nitrogens with two attached hydrogens (primary N) is 1. The number of hydrogen-bond donors (Lipinski definition) is 1. The van der Waals surface area contributed by atoms with Gasteiger partial charge < -0.3 is 19.6 Å². The van der Waals surface area contributed by atoms with Crippen molar-refractivity contribution in [3.05, 3.63) is 24.2 Å². The molecule has 19 heavy (non-hydrogen) atoms. The van der Waals surface area contributed by atoms with Gasteiger partial charge >= 0.3 is 0 Å². The van der Waals surface area contributed by atoms with E-state index in [9.17, 15) is 0 Å². The van der Waals surface area contributed by atoms with Crippen LogP contribution in [0.1, 0.15) is 51.9 Å². The topological polar surface area (TPSA) is 57.6 Å². The van der Waals surface area contributed by atoms with E-state index in [4.69, 9.17) is 19.6 Å². The first-order chi connectivity index (χ1) is 9.10. The molecule has 0 spiro atoms. The highest BCUT2D eigenvalue weighted by molar-refractivity contribution is 5.05. The summed E-state index contributed by atoms with van der Waals surface area (Å²) >= 11 is 0. The molecular weight excluding hydrogens is 242 g/mol. The third-order valence-electron chi connectivity index (χ3n) is 3.68. The Labute approximate surface area is 115 Å². The molecule has 1 aliphatic heterocycles. The van der Waals surface area contributed by atoms with Gasteiger partial charge in [-0.2, -0.15) is 0 Å². The maximum Gasteiger partial charge on any atom is 0.134 e. The summed E-state index contributed by atoms with van der Waals surface area (Å²) in [5.74, 6) is 0.821. The summed E-state index contributed by atoms with van der Waals surface area (Å²) in [5.41, 5.74) is 6.18. The quantitative estimate of drug-likeness (QED) is 0.891. The smallest absolute Gasteiger partial charge is 0.134 e. The normalized spacial score (nSPS) is 31.1. The van der Waals surface area contributed by atoms with Crippen molar-refractivity contribution in [3.8, 4) is 0 Å². The molecule has 4 unspecified atom stereocenters. The van der Waals surface area contributed by atoms with Crippen LogP contribution in [-0.4, -0.2) is 24.4 Å². The largest absolute Gasteiger partial charge is 0.467 e. The molecule has 4 atom stereocenters. The van der Waals surface area contributed by atoms with Crippen LogP contribution in [0.4, 0.5) is 0 Å². The Bertz CT molecular complexity index is 355. The lowest BCUT2D eigenvalue weighted by Crippen LogP contribution is -2.38. The number of ether oxygens (including phenoxy) is 2.